The quantitative estimate of drug-likeness (QED) is 0.678. The first kappa shape index (κ1) is 13.3. The van der Waals surface area contributed by atoms with Crippen molar-refractivity contribution in [2.24, 2.45) is 11.1 Å². The van der Waals surface area contributed by atoms with E-state index in [2.05, 4.69) is 6.26 Å². The van der Waals surface area contributed by atoms with Gasteiger partial charge in [0.15, 0.2) is 0 Å². The molecule has 3 N–H and O–H groups in total. The second kappa shape index (κ2) is 6.74. The van der Waals surface area contributed by atoms with Gasteiger partial charge in [-0.25, -0.2) is 0 Å². The molecule has 1 rings (SSSR count). The number of thioether (sulfide) groups is 1. The van der Waals surface area contributed by atoms with Crippen molar-refractivity contribution in [1.82, 2.24) is 0 Å². The van der Waals surface area contributed by atoms with Gasteiger partial charge in [0.1, 0.15) is 0 Å². The van der Waals surface area contributed by atoms with Crippen LogP contribution in [0.3, 0.4) is 0 Å². The molecule has 1 aliphatic heterocycles. The van der Waals surface area contributed by atoms with Crippen LogP contribution in [0.4, 0.5) is 0 Å². The highest BCUT2D eigenvalue weighted by Gasteiger charge is 2.37. The fraction of sp³-hybridized carbons (Fsp3) is 1.00. The molecule has 4 heteroatoms. The summed E-state index contributed by atoms with van der Waals surface area (Å²) in [5.41, 5.74) is 5.75. The van der Waals surface area contributed by atoms with Gasteiger partial charge in [-0.1, -0.05) is 0 Å². The zero-order valence-electron chi connectivity index (χ0n) is 9.58. The van der Waals surface area contributed by atoms with Crippen LogP contribution in [0.25, 0.3) is 0 Å². The van der Waals surface area contributed by atoms with E-state index in [-0.39, 0.29) is 11.5 Å². The van der Waals surface area contributed by atoms with Crippen LogP contribution in [-0.4, -0.2) is 43.0 Å². The Morgan fingerprint density at radius 1 is 1.47 bits per heavy atom. The van der Waals surface area contributed by atoms with E-state index in [1.807, 2.05) is 11.8 Å². The van der Waals surface area contributed by atoms with Crippen molar-refractivity contribution in [1.29, 1.82) is 0 Å². The molecule has 0 amide bonds. The molecule has 15 heavy (non-hydrogen) atoms. The van der Waals surface area contributed by atoms with E-state index in [0.29, 0.717) is 6.54 Å². The van der Waals surface area contributed by atoms with Crippen LogP contribution >= 0.6 is 11.8 Å². The van der Waals surface area contributed by atoms with Gasteiger partial charge in [0.2, 0.25) is 0 Å². The Morgan fingerprint density at radius 2 is 2.13 bits per heavy atom. The van der Waals surface area contributed by atoms with Crippen LogP contribution in [0.15, 0.2) is 0 Å². The summed E-state index contributed by atoms with van der Waals surface area (Å²) >= 11 is 1.83. The number of hydrogen-bond donors (Lipinski definition) is 2. The Morgan fingerprint density at radius 3 is 2.67 bits per heavy atom. The number of nitrogens with two attached hydrogens (primary N) is 1. The Bertz CT molecular complexity index is 172. The van der Waals surface area contributed by atoms with E-state index >= 15 is 0 Å². The monoisotopic (exact) mass is 233 g/mol. The molecule has 3 nitrogen and oxygen atoms in total. The van der Waals surface area contributed by atoms with Crippen molar-refractivity contribution in [3.05, 3.63) is 0 Å². The molecule has 90 valence electrons. The summed E-state index contributed by atoms with van der Waals surface area (Å²) in [5, 5.41) is 10.2. The summed E-state index contributed by atoms with van der Waals surface area (Å²) in [6.07, 6.45) is 5.61. The summed E-state index contributed by atoms with van der Waals surface area (Å²) in [5.74, 6) is 1.12. The van der Waals surface area contributed by atoms with Gasteiger partial charge in [0.05, 0.1) is 6.10 Å². The topological polar surface area (TPSA) is 55.5 Å². The lowest BCUT2D eigenvalue weighted by Crippen LogP contribution is -2.46. The lowest BCUT2D eigenvalue weighted by atomic mass is 9.74. The van der Waals surface area contributed by atoms with Crippen LogP contribution in [0, 0.1) is 5.41 Å². The molecule has 0 aromatic heterocycles. The highest BCUT2D eigenvalue weighted by atomic mass is 32.2. The van der Waals surface area contributed by atoms with Gasteiger partial charge in [-0.15, -0.1) is 0 Å². The summed E-state index contributed by atoms with van der Waals surface area (Å²) in [7, 11) is 0. The van der Waals surface area contributed by atoms with Gasteiger partial charge in [0.25, 0.3) is 0 Å². The predicted molar refractivity (Wildman–Crippen MR) is 65.2 cm³/mol. The Labute approximate surface area is 96.8 Å². The molecule has 1 heterocycles. The molecule has 1 aliphatic rings. The van der Waals surface area contributed by atoms with E-state index in [0.717, 1.165) is 44.6 Å². The van der Waals surface area contributed by atoms with Crippen LogP contribution < -0.4 is 5.73 Å². The molecule has 1 saturated heterocycles. The van der Waals surface area contributed by atoms with Gasteiger partial charge in [-0.05, 0) is 37.7 Å². The predicted octanol–water partition coefficient (Wildman–Crippen LogP) is 1.25. The number of ether oxygens (including phenoxy) is 1. The summed E-state index contributed by atoms with van der Waals surface area (Å²) in [4.78, 5) is 0. The molecule has 0 saturated carbocycles. The van der Waals surface area contributed by atoms with Crippen LogP contribution in [0.2, 0.25) is 0 Å². The molecule has 1 atom stereocenters. The van der Waals surface area contributed by atoms with E-state index in [4.69, 9.17) is 10.5 Å². The highest BCUT2D eigenvalue weighted by Crippen LogP contribution is 2.35. The molecule has 0 aromatic carbocycles. The maximum Gasteiger partial charge on any atom is 0.0610 e. The number of hydrogen-bond acceptors (Lipinski definition) is 4. The van der Waals surface area contributed by atoms with Crippen LogP contribution in [0.1, 0.15) is 25.7 Å². The normalized spacial score (nSPS) is 22.6. The molecule has 0 radical (unpaired) electrons. The second-order valence-electron chi connectivity index (χ2n) is 4.33. The van der Waals surface area contributed by atoms with Crippen molar-refractivity contribution in [2.75, 3.05) is 31.8 Å². The Balaban J connectivity index is 2.40. The molecule has 1 fully saturated rings. The molecular formula is C11H23NO2S. The molecule has 0 bridgehead atoms. The third-order valence-electron chi connectivity index (χ3n) is 3.43. The first-order valence-corrected chi connectivity index (χ1v) is 7.09. The SMILES string of the molecule is CSCCCC(O)C1(CN)CCOCC1. The maximum absolute atomic E-state index is 10.2. The third-order valence-corrected chi connectivity index (χ3v) is 4.12. The molecular weight excluding hydrogens is 210 g/mol. The number of aliphatic hydroxyl groups is 1. The molecule has 1 unspecified atom stereocenters. The third kappa shape index (κ3) is 3.63. The van der Waals surface area contributed by atoms with Gasteiger partial charge >= 0.3 is 0 Å². The van der Waals surface area contributed by atoms with Crippen LogP contribution in [0.5, 0.6) is 0 Å². The first-order valence-electron chi connectivity index (χ1n) is 5.70. The molecule has 0 aliphatic carbocycles. The van der Waals surface area contributed by atoms with Gasteiger partial charge in [-0.2, -0.15) is 11.8 Å². The number of rotatable bonds is 6. The van der Waals surface area contributed by atoms with Crippen molar-refractivity contribution in [2.45, 2.75) is 31.8 Å². The largest absolute Gasteiger partial charge is 0.392 e. The minimum Gasteiger partial charge on any atom is -0.392 e. The Hall–Kier alpha value is 0.230. The minimum absolute atomic E-state index is 0.0728. The van der Waals surface area contributed by atoms with Crippen molar-refractivity contribution >= 4 is 11.8 Å². The fourth-order valence-corrected chi connectivity index (χ4v) is 2.63. The average Bonchev–Trinajstić information content (AvgIpc) is 2.30. The minimum atomic E-state index is -0.251. The Kier molecular flexibility index (Phi) is 5.97. The van der Waals surface area contributed by atoms with Crippen molar-refractivity contribution in [3.8, 4) is 0 Å². The van der Waals surface area contributed by atoms with Gasteiger partial charge in [-0.3, -0.25) is 0 Å². The second-order valence-corrected chi connectivity index (χ2v) is 5.32. The average molecular weight is 233 g/mol. The molecule has 0 spiro atoms. The molecule has 0 aromatic rings. The van der Waals surface area contributed by atoms with E-state index in [1.54, 1.807) is 0 Å². The lowest BCUT2D eigenvalue weighted by molar-refractivity contribution is -0.0592. The van der Waals surface area contributed by atoms with Crippen molar-refractivity contribution < 1.29 is 9.84 Å². The van der Waals surface area contributed by atoms with Crippen molar-refractivity contribution in [3.63, 3.8) is 0 Å². The zero-order valence-corrected chi connectivity index (χ0v) is 10.4. The number of aliphatic hydroxyl groups excluding tert-OH is 1. The van der Waals surface area contributed by atoms with Gasteiger partial charge < -0.3 is 15.6 Å². The summed E-state index contributed by atoms with van der Waals surface area (Å²) in [6.45, 7) is 2.07. The van der Waals surface area contributed by atoms with E-state index in [9.17, 15) is 5.11 Å². The van der Waals surface area contributed by atoms with E-state index < -0.39 is 0 Å². The highest BCUT2D eigenvalue weighted by molar-refractivity contribution is 7.98. The summed E-state index contributed by atoms with van der Waals surface area (Å²) in [6, 6.07) is 0. The lowest BCUT2D eigenvalue weighted by Gasteiger charge is -2.40. The fourth-order valence-electron chi connectivity index (χ4n) is 2.18. The van der Waals surface area contributed by atoms with Gasteiger partial charge in [0, 0.05) is 25.2 Å². The van der Waals surface area contributed by atoms with Crippen LogP contribution in [-0.2, 0) is 4.74 Å². The standard InChI is InChI=1S/C11H23NO2S/c1-15-8-2-3-10(13)11(9-12)4-6-14-7-5-11/h10,13H,2-9,12H2,1H3. The first-order chi connectivity index (χ1) is 7.25. The zero-order chi connectivity index (χ0) is 11.1. The summed E-state index contributed by atoms with van der Waals surface area (Å²) < 4.78 is 5.33. The maximum atomic E-state index is 10.2. The smallest absolute Gasteiger partial charge is 0.0610 e. The van der Waals surface area contributed by atoms with E-state index in [1.165, 1.54) is 0 Å².